The van der Waals surface area contributed by atoms with Crippen LogP contribution in [-0.4, -0.2) is 26.2 Å². The standard InChI is InChI=1S/C13H15F2N5O/c1-20-18-12(17-19-20)7-21-13-10(14)4-8(5-11(13)15)6-16-9-2-3-9/h4-5,9,16H,2-3,6-7H2,1H3. The molecule has 1 aromatic carbocycles. The Balaban J connectivity index is 1.66. The maximum atomic E-state index is 13.9. The molecule has 0 bridgehead atoms. The van der Waals surface area contributed by atoms with E-state index in [-0.39, 0.29) is 12.4 Å². The lowest BCUT2D eigenvalue weighted by Crippen LogP contribution is -2.15. The van der Waals surface area contributed by atoms with E-state index in [0.717, 1.165) is 12.8 Å². The zero-order valence-electron chi connectivity index (χ0n) is 11.5. The largest absolute Gasteiger partial charge is 0.479 e. The van der Waals surface area contributed by atoms with E-state index in [1.807, 2.05) is 0 Å². The van der Waals surface area contributed by atoms with Crippen molar-refractivity contribution in [3.8, 4) is 5.75 Å². The van der Waals surface area contributed by atoms with Crippen LogP contribution in [0.2, 0.25) is 0 Å². The number of tetrazole rings is 1. The maximum Gasteiger partial charge on any atom is 0.212 e. The van der Waals surface area contributed by atoms with Gasteiger partial charge in [-0.05, 0) is 35.8 Å². The molecule has 8 heteroatoms. The first-order chi connectivity index (χ1) is 10.1. The third-order valence-corrected chi connectivity index (χ3v) is 3.13. The Kier molecular flexibility index (Phi) is 3.78. The van der Waals surface area contributed by atoms with Gasteiger partial charge in [-0.25, -0.2) is 8.78 Å². The first kappa shape index (κ1) is 13.9. The molecular formula is C13H15F2N5O. The smallest absolute Gasteiger partial charge is 0.212 e. The predicted octanol–water partition coefficient (Wildman–Crippen LogP) is 1.32. The molecule has 0 saturated heterocycles. The summed E-state index contributed by atoms with van der Waals surface area (Å²) in [6, 6.07) is 3.03. The van der Waals surface area contributed by atoms with Crippen LogP contribution in [0.3, 0.4) is 0 Å². The molecule has 1 N–H and O–H groups in total. The minimum absolute atomic E-state index is 0.138. The van der Waals surface area contributed by atoms with Crippen molar-refractivity contribution in [2.24, 2.45) is 7.05 Å². The molecule has 1 fully saturated rings. The van der Waals surface area contributed by atoms with Crippen molar-refractivity contribution in [2.75, 3.05) is 0 Å². The lowest BCUT2D eigenvalue weighted by molar-refractivity contribution is 0.265. The van der Waals surface area contributed by atoms with Gasteiger partial charge in [0.1, 0.15) is 0 Å². The van der Waals surface area contributed by atoms with Crippen LogP contribution in [0.5, 0.6) is 5.75 Å². The number of hydrogen-bond donors (Lipinski definition) is 1. The number of nitrogens with zero attached hydrogens (tertiary/aromatic N) is 4. The van der Waals surface area contributed by atoms with Crippen molar-refractivity contribution in [2.45, 2.75) is 32.0 Å². The van der Waals surface area contributed by atoms with E-state index in [4.69, 9.17) is 4.74 Å². The number of halogens is 2. The second-order valence-corrected chi connectivity index (χ2v) is 5.03. The summed E-state index contributed by atoms with van der Waals surface area (Å²) in [6.45, 7) is 0.311. The Hall–Kier alpha value is -2.09. The summed E-state index contributed by atoms with van der Waals surface area (Å²) in [5.41, 5.74) is 0.557. The second-order valence-electron chi connectivity index (χ2n) is 5.03. The van der Waals surface area contributed by atoms with Crippen LogP contribution < -0.4 is 10.1 Å². The highest BCUT2D eigenvalue weighted by Gasteiger charge is 2.21. The number of aryl methyl sites for hydroxylation is 1. The fourth-order valence-electron chi connectivity index (χ4n) is 1.92. The van der Waals surface area contributed by atoms with E-state index in [1.54, 1.807) is 7.05 Å². The zero-order chi connectivity index (χ0) is 14.8. The minimum Gasteiger partial charge on any atom is -0.479 e. The summed E-state index contributed by atoms with van der Waals surface area (Å²) >= 11 is 0. The first-order valence-corrected chi connectivity index (χ1v) is 6.69. The summed E-state index contributed by atoms with van der Waals surface area (Å²) in [6.07, 6.45) is 2.24. The Bertz CT molecular complexity index is 618. The Morgan fingerprint density at radius 3 is 2.62 bits per heavy atom. The molecular weight excluding hydrogens is 280 g/mol. The molecule has 0 radical (unpaired) electrons. The highest BCUT2D eigenvalue weighted by molar-refractivity contribution is 5.31. The Labute approximate surface area is 120 Å². The zero-order valence-corrected chi connectivity index (χ0v) is 11.5. The molecule has 0 spiro atoms. The molecule has 1 aliphatic rings. The van der Waals surface area contributed by atoms with E-state index in [9.17, 15) is 8.78 Å². The maximum absolute atomic E-state index is 13.9. The summed E-state index contributed by atoms with van der Waals surface area (Å²) in [5.74, 6) is -1.62. The summed E-state index contributed by atoms with van der Waals surface area (Å²) in [5, 5.41) is 14.4. The second kappa shape index (κ2) is 5.72. The van der Waals surface area contributed by atoms with Gasteiger partial charge in [0.25, 0.3) is 0 Å². The molecule has 2 aromatic rings. The predicted molar refractivity (Wildman–Crippen MR) is 69.3 cm³/mol. The van der Waals surface area contributed by atoms with E-state index in [0.29, 0.717) is 18.2 Å². The Morgan fingerprint density at radius 2 is 2.05 bits per heavy atom. The summed E-state index contributed by atoms with van der Waals surface area (Å²) in [7, 11) is 1.60. The summed E-state index contributed by atoms with van der Waals surface area (Å²) < 4.78 is 32.9. The SMILES string of the molecule is Cn1nnc(COc2c(F)cc(CNC3CC3)cc2F)n1. The van der Waals surface area contributed by atoms with Gasteiger partial charge in [0.15, 0.2) is 24.0 Å². The molecule has 0 unspecified atom stereocenters. The van der Waals surface area contributed by atoms with Crippen LogP contribution in [0.15, 0.2) is 12.1 Å². The lowest BCUT2D eigenvalue weighted by Gasteiger charge is -2.09. The lowest BCUT2D eigenvalue weighted by atomic mass is 10.2. The van der Waals surface area contributed by atoms with Gasteiger partial charge >= 0.3 is 0 Å². The van der Waals surface area contributed by atoms with Crippen LogP contribution in [-0.2, 0) is 20.2 Å². The van der Waals surface area contributed by atoms with Crippen LogP contribution in [0.1, 0.15) is 24.2 Å². The molecule has 6 nitrogen and oxygen atoms in total. The average Bonchev–Trinajstić information content (AvgIpc) is 3.17. The molecule has 1 saturated carbocycles. The van der Waals surface area contributed by atoms with Crippen molar-refractivity contribution in [1.29, 1.82) is 0 Å². The van der Waals surface area contributed by atoms with Gasteiger partial charge in [-0.15, -0.1) is 10.2 Å². The van der Waals surface area contributed by atoms with Gasteiger partial charge < -0.3 is 10.1 Å². The molecule has 1 aliphatic carbocycles. The van der Waals surface area contributed by atoms with Crippen LogP contribution in [0.4, 0.5) is 8.78 Å². The minimum atomic E-state index is -0.730. The quantitative estimate of drug-likeness (QED) is 0.870. The van der Waals surface area contributed by atoms with Gasteiger partial charge in [0.2, 0.25) is 5.82 Å². The van der Waals surface area contributed by atoms with Crippen molar-refractivity contribution in [1.82, 2.24) is 25.5 Å². The third kappa shape index (κ3) is 3.52. The molecule has 1 aromatic heterocycles. The monoisotopic (exact) mass is 295 g/mol. The van der Waals surface area contributed by atoms with Crippen LogP contribution in [0, 0.1) is 11.6 Å². The van der Waals surface area contributed by atoms with Gasteiger partial charge in [0.05, 0.1) is 7.05 Å². The van der Waals surface area contributed by atoms with Crippen molar-refractivity contribution < 1.29 is 13.5 Å². The number of ether oxygens (including phenoxy) is 1. The normalized spacial score (nSPS) is 14.4. The molecule has 0 amide bonds. The number of nitrogens with one attached hydrogen (secondary N) is 1. The van der Waals surface area contributed by atoms with E-state index < -0.39 is 17.4 Å². The topological polar surface area (TPSA) is 64.9 Å². The van der Waals surface area contributed by atoms with E-state index >= 15 is 0 Å². The van der Waals surface area contributed by atoms with Gasteiger partial charge in [-0.1, -0.05) is 0 Å². The average molecular weight is 295 g/mol. The van der Waals surface area contributed by atoms with Crippen LogP contribution >= 0.6 is 0 Å². The molecule has 21 heavy (non-hydrogen) atoms. The molecule has 1 heterocycles. The van der Waals surface area contributed by atoms with E-state index in [1.165, 1.54) is 16.9 Å². The number of rotatable bonds is 6. The number of benzene rings is 1. The Morgan fingerprint density at radius 1 is 1.33 bits per heavy atom. The van der Waals surface area contributed by atoms with Gasteiger partial charge in [-0.3, -0.25) is 0 Å². The molecule has 3 rings (SSSR count). The third-order valence-electron chi connectivity index (χ3n) is 3.13. The van der Waals surface area contributed by atoms with E-state index in [2.05, 4.69) is 20.7 Å². The highest BCUT2D eigenvalue weighted by atomic mass is 19.1. The first-order valence-electron chi connectivity index (χ1n) is 6.69. The molecule has 0 aliphatic heterocycles. The fraction of sp³-hybridized carbons (Fsp3) is 0.462. The van der Waals surface area contributed by atoms with Gasteiger partial charge in [-0.2, -0.15) is 4.80 Å². The molecule has 112 valence electrons. The summed E-state index contributed by atoms with van der Waals surface area (Å²) in [4.78, 5) is 1.25. The molecule has 0 atom stereocenters. The van der Waals surface area contributed by atoms with Crippen molar-refractivity contribution in [3.05, 3.63) is 35.2 Å². The fourth-order valence-corrected chi connectivity index (χ4v) is 1.92. The number of hydrogen-bond acceptors (Lipinski definition) is 5. The highest BCUT2D eigenvalue weighted by Crippen LogP contribution is 2.25. The van der Waals surface area contributed by atoms with Crippen molar-refractivity contribution in [3.63, 3.8) is 0 Å². The van der Waals surface area contributed by atoms with Crippen LogP contribution in [0.25, 0.3) is 0 Å². The van der Waals surface area contributed by atoms with Gasteiger partial charge in [0, 0.05) is 12.6 Å². The number of aromatic nitrogens is 4. The van der Waals surface area contributed by atoms with Crippen molar-refractivity contribution >= 4 is 0 Å².